The van der Waals surface area contributed by atoms with Gasteiger partial charge in [0.25, 0.3) is 0 Å². The molecule has 0 aliphatic carbocycles. The molecule has 0 amide bonds. The Balaban J connectivity index is 1.58. The minimum absolute atomic E-state index is 0.147. The van der Waals surface area contributed by atoms with Gasteiger partial charge in [0.05, 0.1) is 28.5 Å². The highest BCUT2D eigenvalue weighted by atomic mass is 19.4. The van der Waals surface area contributed by atoms with E-state index in [0.29, 0.717) is 5.56 Å². The van der Waals surface area contributed by atoms with E-state index in [1.165, 1.54) is 24.4 Å². The maximum absolute atomic E-state index is 13.6. The zero-order valence-electron chi connectivity index (χ0n) is 14.9. The molecule has 5 nitrogen and oxygen atoms in total. The molecule has 0 N–H and O–H groups in total. The Morgan fingerprint density at radius 1 is 1.00 bits per heavy atom. The number of alkyl halides is 3. The Kier molecular flexibility index (Phi) is 4.75. The Bertz CT molecular complexity index is 1170. The molecule has 0 bridgehead atoms. The molecule has 2 aromatic carbocycles. The predicted octanol–water partition coefficient (Wildman–Crippen LogP) is 4.80. The van der Waals surface area contributed by atoms with Gasteiger partial charge in [-0.25, -0.2) is 9.48 Å². The first-order chi connectivity index (χ1) is 13.9. The van der Waals surface area contributed by atoms with E-state index in [9.17, 15) is 18.0 Å². The van der Waals surface area contributed by atoms with E-state index in [4.69, 9.17) is 4.74 Å². The van der Waals surface area contributed by atoms with E-state index >= 15 is 0 Å². The Hall–Kier alpha value is -3.68. The van der Waals surface area contributed by atoms with Crippen molar-refractivity contribution in [3.05, 3.63) is 89.9 Å². The second kappa shape index (κ2) is 7.38. The van der Waals surface area contributed by atoms with E-state index in [-0.39, 0.29) is 17.5 Å². The summed E-state index contributed by atoms with van der Waals surface area (Å²) in [6.45, 7) is -0.213. The van der Waals surface area contributed by atoms with Crippen molar-refractivity contribution in [2.24, 2.45) is 0 Å². The van der Waals surface area contributed by atoms with Crippen LogP contribution in [0.4, 0.5) is 13.2 Å². The molecular weight excluding hydrogens is 383 g/mol. The number of pyridine rings is 1. The summed E-state index contributed by atoms with van der Waals surface area (Å²) in [5.41, 5.74) is -0.159. The summed E-state index contributed by atoms with van der Waals surface area (Å²) >= 11 is 0. The van der Waals surface area contributed by atoms with Crippen LogP contribution in [0, 0.1) is 0 Å². The molecule has 146 valence electrons. The first-order valence-corrected chi connectivity index (χ1v) is 8.64. The van der Waals surface area contributed by atoms with Crippen molar-refractivity contribution in [2.45, 2.75) is 12.8 Å². The summed E-state index contributed by atoms with van der Waals surface area (Å²) in [4.78, 5) is 16.4. The number of benzene rings is 2. The molecular formula is C21H14F3N3O2. The van der Waals surface area contributed by atoms with Gasteiger partial charge in [-0.05, 0) is 18.2 Å². The van der Waals surface area contributed by atoms with Crippen molar-refractivity contribution in [3.63, 3.8) is 0 Å². The third-order valence-corrected chi connectivity index (χ3v) is 4.31. The fourth-order valence-electron chi connectivity index (χ4n) is 2.98. The number of hydrogen-bond acceptors (Lipinski definition) is 4. The van der Waals surface area contributed by atoms with Crippen LogP contribution in [0.1, 0.15) is 21.5 Å². The van der Waals surface area contributed by atoms with Gasteiger partial charge in [0.1, 0.15) is 6.61 Å². The molecule has 4 rings (SSSR count). The molecule has 8 heteroatoms. The molecule has 0 spiro atoms. The lowest BCUT2D eigenvalue weighted by Gasteiger charge is -2.14. The molecule has 2 heterocycles. The smallest absolute Gasteiger partial charge is 0.417 e. The molecule has 4 aromatic rings. The number of carbonyl (C=O) groups is 1. The van der Waals surface area contributed by atoms with Crippen molar-refractivity contribution >= 4 is 16.9 Å². The van der Waals surface area contributed by atoms with Crippen molar-refractivity contribution in [1.82, 2.24) is 14.8 Å². The minimum Gasteiger partial charge on any atom is -0.457 e. The fraction of sp³-hybridized carbons (Fsp3) is 0.0952. The van der Waals surface area contributed by atoms with E-state index in [0.717, 1.165) is 11.9 Å². The van der Waals surface area contributed by atoms with Crippen LogP contribution in [0.3, 0.4) is 0 Å². The van der Waals surface area contributed by atoms with Crippen molar-refractivity contribution < 1.29 is 22.7 Å². The topological polar surface area (TPSA) is 57.0 Å². The maximum Gasteiger partial charge on any atom is 0.417 e. The summed E-state index contributed by atoms with van der Waals surface area (Å²) in [6.07, 6.45) is -0.689. The molecule has 0 saturated heterocycles. The molecule has 2 aromatic heterocycles. The van der Waals surface area contributed by atoms with Crippen LogP contribution in [-0.2, 0) is 17.5 Å². The Morgan fingerprint density at radius 2 is 1.72 bits per heavy atom. The lowest BCUT2D eigenvalue weighted by molar-refractivity contribution is -0.136. The van der Waals surface area contributed by atoms with E-state index < -0.39 is 23.3 Å². The van der Waals surface area contributed by atoms with Crippen molar-refractivity contribution in [2.75, 3.05) is 0 Å². The van der Waals surface area contributed by atoms with Gasteiger partial charge in [-0.3, -0.25) is 4.98 Å². The van der Waals surface area contributed by atoms with Crippen LogP contribution in [0.15, 0.2) is 73.2 Å². The van der Waals surface area contributed by atoms with E-state index in [2.05, 4.69) is 10.1 Å². The monoisotopic (exact) mass is 397 g/mol. The highest BCUT2D eigenvalue weighted by molar-refractivity contribution is 5.97. The van der Waals surface area contributed by atoms with Gasteiger partial charge in [-0.2, -0.15) is 18.3 Å². The van der Waals surface area contributed by atoms with E-state index in [1.54, 1.807) is 16.9 Å². The number of nitrogens with zero attached hydrogens (tertiary/aromatic N) is 3. The Morgan fingerprint density at radius 3 is 2.48 bits per heavy atom. The third-order valence-electron chi connectivity index (χ3n) is 4.31. The lowest BCUT2D eigenvalue weighted by atomic mass is 10.0. The highest BCUT2D eigenvalue weighted by Crippen LogP contribution is 2.37. The molecule has 0 unspecified atom stereocenters. The summed E-state index contributed by atoms with van der Waals surface area (Å²) in [5.74, 6) is -1.09. The van der Waals surface area contributed by atoms with Crippen molar-refractivity contribution in [1.29, 1.82) is 0 Å². The molecule has 0 radical (unpaired) electrons. The van der Waals surface area contributed by atoms with E-state index in [1.807, 2.05) is 30.3 Å². The normalized spacial score (nSPS) is 11.6. The van der Waals surface area contributed by atoms with Gasteiger partial charge in [0.2, 0.25) is 0 Å². The maximum atomic E-state index is 13.6. The van der Waals surface area contributed by atoms with Crippen LogP contribution in [-0.4, -0.2) is 20.7 Å². The zero-order valence-corrected chi connectivity index (χ0v) is 14.9. The number of halogens is 3. The third kappa shape index (κ3) is 3.82. The summed E-state index contributed by atoms with van der Waals surface area (Å²) in [5, 5.41) is 4.02. The fourth-order valence-corrected chi connectivity index (χ4v) is 2.98. The summed E-state index contributed by atoms with van der Waals surface area (Å²) in [7, 11) is 0. The van der Waals surface area contributed by atoms with Gasteiger partial charge in [-0.15, -0.1) is 0 Å². The number of ether oxygens (including phenoxy) is 1. The number of esters is 1. The van der Waals surface area contributed by atoms with Gasteiger partial charge < -0.3 is 4.74 Å². The summed E-state index contributed by atoms with van der Waals surface area (Å²) in [6, 6.07) is 15.0. The average molecular weight is 397 g/mol. The predicted molar refractivity (Wildman–Crippen MR) is 99.4 cm³/mol. The number of fused-ring (bicyclic) bond motifs is 1. The average Bonchev–Trinajstić information content (AvgIpc) is 3.20. The second-order valence-corrected chi connectivity index (χ2v) is 6.27. The first kappa shape index (κ1) is 18.7. The quantitative estimate of drug-likeness (QED) is 0.465. The molecule has 29 heavy (non-hydrogen) atoms. The minimum atomic E-state index is -4.73. The molecule has 0 saturated carbocycles. The standard InChI is InChI=1S/C21H14F3N3O2/c22-21(23,24)19-16-8-4-5-9-18(16)25-11-17(19)20(28)29-13-14-10-26-27(12-14)15-6-2-1-3-7-15/h1-12H,13H2. The van der Waals surface area contributed by atoms with Crippen LogP contribution < -0.4 is 0 Å². The number of aromatic nitrogens is 3. The first-order valence-electron chi connectivity index (χ1n) is 8.64. The van der Waals surface area contributed by atoms with Crippen molar-refractivity contribution in [3.8, 4) is 5.69 Å². The number of carbonyl (C=O) groups excluding carboxylic acids is 1. The number of para-hydroxylation sites is 2. The number of hydrogen-bond donors (Lipinski definition) is 0. The summed E-state index contributed by atoms with van der Waals surface area (Å²) < 4.78 is 47.6. The molecule has 0 fully saturated rings. The van der Waals surface area contributed by atoms with Crippen LogP contribution in [0.2, 0.25) is 0 Å². The Labute approximate surface area is 163 Å². The number of rotatable bonds is 4. The SMILES string of the molecule is O=C(OCc1cnn(-c2ccccc2)c1)c1cnc2ccccc2c1C(F)(F)F. The molecule has 0 aliphatic rings. The van der Waals surface area contributed by atoms with Crippen LogP contribution in [0.25, 0.3) is 16.6 Å². The lowest BCUT2D eigenvalue weighted by Crippen LogP contribution is -2.16. The van der Waals surface area contributed by atoms with Crippen LogP contribution >= 0.6 is 0 Å². The second-order valence-electron chi connectivity index (χ2n) is 6.27. The van der Waals surface area contributed by atoms with Crippen LogP contribution in [0.5, 0.6) is 0 Å². The largest absolute Gasteiger partial charge is 0.457 e. The highest BCUT2D eigenvalue weighted by Gasteiger charge is 2.38. The van der Waals surface area contributed by atoms with Gasteiger partial charge in [-0.1, -0.05) is 36.4 Å². The van der Waals surface area contributed by atoms with Gasteiger partial charge >= 0.3 is 12.1 Å². The zero-order chi connectivity index (χ0) is 20.4. The molecule has 0 aliphatic heterocycles. The van der Waals surface area contributed by atoms with Gasteiger partial charge in [0.15, 0.2) is 0 Å². The molecule has 0 atom stereocenters. The van der Waals surface area contributed by atoms with Gasteiger partial charge in [0, 0.05) is 23.3 Å².